The molecular weight excluding hydrogens is 170 g/mol. The second-order valence-corrected chi connectivity index (χ2v) is 2.68. The van der Waals surface area contributed by atoms with Crippen molar-refractivity contribution in [3.8, 4) is 0 Å². The molecule has 0 atom stereocenters. The van der Waals surface area contributed by atoms with Gasteiger partial charge in [-0.25, -0.2) is 15.1 Å². The van der Waals surface area contributed by atoms with Crippen LogP contribution in [0.15, 0.2) is 12.1 Å². The van der Waals surface area contributed by atoms with Gasteiger partial charge in [0.25, 0.3) is 0 Å². The number of pyridine rings is 1. The summed E-state index contributed by atoms with van der Waals surface area (Å²) in [7, 11) is 0. The van der Waals surface area contributed by atoms with Crippen LogP contribution >= 0.6 is 0 Å². The molecule has 0 aliphatic heterocycles. The maximum Gasteiger partial charge on any atom is 0.194 e. The number of aromatic nitrogens is 1. The number of hydrazine groups is 1. The van der Waals surface area contributed by atoms with Gasteiger partial charge >= 0.3 is 0 Å². The van der Waals surface area contributed by atoms with Crippen molar-refractivity contribution in [1.82, 2.24) is 4.98 Å². The Morgan fingerprint density at radius 3 is 2.85 bits per heavy atom. The smallest absolute Gasteiger partial charge is 0.194 e. The highest BCUT2D eigenvalue weighted by Gasteiger charge is 2.06. The molecular formula is C8H11N3O2. The molecule has 1 rings (SSSR count). The third-order valence-electron chi connectivity index (χ3n) is 1.70. The van der Waals surface area contributed by atoms with Crippen molar-refractivity contribution in [3.63, 3.8) is 0 Å². The Balaban J connectivity index is 3.01. The highest BCUT2D eigenvalue weighted by Crippen LogP contribution is 2.13. The normalized spacial score (nSPS) is 9.69. The Morgan fingerprint density at radius 2 is 2.31 bits per heavy atom. The van der Waals surface area contributed by atoms with Crippen molar-refractivity contribution < 1.29 is 5.03 Å². The fourth-order valence-corrected chi connectivity index (χ4v) is 1.05. The maximum absolute atomic E-state index is 10.2. The van der Waals surface area contributed by atoms with Crippen molar-refractivity contribution in [2.75, 3.05) is 5.43 Å². The first-order valence-electron chi connectivity index (χ1n) is 4.01. The summed E-state index contributed by atoms with van der Waals surface area (Å²) in [6.07, 6.45) is 0.726. The first-order valence-corrected chi connectivity index (χ1v) is 4.01. The lowest BCUT2D eigenvalue weighted by Gasteiger charge is -2.03. The first-order chi connectivity index (χ1) is 6.13. The monoisotopic (exact) mass is 181 g/mol. The summed E-state index contributed by atoms with van der Waals surface area (Å²) >= 11 is 0. The van der Waals surface area contributed by atoms with Gasteiger partial charge in [-0.1, -0.05) is 18.4 Å². The number of nitro groups is 1. The van der Waals surface area contributed by atoms with Gasteiger partial charge in [-0.3, -0.25) is 0 Å². The van der Waals surface area contributed by atoms with E-state index in [-0.39, 0.29) is 0 Å². The van der Waals surface area contributed by atoms with Crippen LogP contribution in [-0.4, -0.2) is 10.0 Å². The average Bonchev–Trinajstić information content (AvgIpc) is 2.03. The molecule has 70 valence electrons. The fourth-order valence-electron chi connectivity index (χ4n) is 1.05. The van der Waals surface area contributed by atoms with Crippen molar-refractivity contribution in [3.05, 3.63) is 33.5 Å². The summed E-state index contributed by atoms with van der Waals surface area (Å²) in [5, 5.41) is 9.61. The highest BCUT2D eigenvalue weighted by atomic mass is 16.7. The fraction of sp³-hybridized carbons (Fsp3) is 0.375. The molecule has 0 aliphatic rings. The van der Waals surface area contributed by atoms with Gasteiger partial charge in [0, 0.05) is 11.3 Å². The number of aryl methyl sites for hydroxylation is 2. The molecule has 1 N–H and O–H groups in total. The van der Waals surface area contributed by atoms with Crippen LogP contribution in [0.2, 0.25) is 0 Å². The average molecular weight is 181 g/mol. The molecule has 0 aliphatic carbocycles. The number of nitrogens with one attached hydrogen (secondary N) is 1. The summed E-state index contributed by atoms with van der Waals surface area (Å²) in [5.74, 6) is 0.340. The lowest BCUT2D eigenvalue weighted by atomic mass is 10.2. The molecule has 0 amide bonds. The van der Waals surface area contributed by atoms with Crippen LogP contribution in [0.5, 0.6) is 0 Å². The van der Waals surface area contributed by atoms with Gasteiger partial charge in [0.2, 0.25) is 0 Å². The molecule has 1 heterocycles. The lowest BCUT2D eigenvalue weighted by Crippen LogP contribution is -2.11. The third-order valence-corrected chi connectivity index (χ3v) is 1.70. The van der Waals surface area contributed by atoms with Crippen LogP contribution in [0, 0.1) is 17.0 Å². The second kappa shape index (κ2) is 3.84. The molecule has 1 aromatic heterocycles. The Hall–Kier alpha value is -1.65. The van der Waals surface area contributed by atoms with E-state index in [0.29, 0.717) is 5.82 Å². The van der Waals surface area contributed by atoms with Gasteiger partial charge in [-0.05, 0) is 19.4 Å². The van der Waals surface area contributed by atoms with Gasteiger partial charge in [-0.15, -0.1) is 0 Å². The van der Waals surface area contributed by atoms with E-state index in [4.69, 9.17) is 0 Å². The van der Waals surface area contributed by atoms with E-state index in [2.05, 4.69) is 10.4 Å². The molecule has 5 nitrogen and oxygen atoms in total. The summed E-state index contributed by atoms with van der Waals surface area (Å²) in [6.45, 7) is 3.72. The Labute approximate surface area is 75.9 Å². The van der Waals surface area contributed by atoms with Crippen LogP contribution in [0.25, 0.3) is 0 Å². The van der Waals surface area contributed by atoms with Crippen LogP contribution in [0.4, 0.5) is 5.82 Å². The summed E-state index contributed by atoms with van der Waals surface area (Å²) in [5.41, 5.74) is 3.69. The van der Waals surface area contributed by atoms with Crippen LogP contribution in [0.3, 0.4) is 0 Å². The molecule has 5 heteroatoms. The van der Waals surface area contributed by atoms with Crippen molar-refractivity contribution >= 4 is 5.82 Å². The summed E-state index contributed by atoms with van der Waals surface area (Å²) < 4.78 is 0. The molecule has 0 saturated heterocycles. The van der Waals surface area contributed by atoms with Gasteiger partial charge in [0.1, 0.15) is 0 Å². The molecule has 0 radical (unpaired) electrons. The zero-order chi connectivity index (χ0) is 9.84. The van der Waals surface area contributed by atoms with Gasteiger partial charge < -0.3 is 0 Å². The van der Waals surface area contributed by atoms with Gasteiger partial charge in [0.05, 0.1) is 0 Å². The van der Waals surface area contributed by atoms with Crippen molar-refractivity contribution in [1.29, 1.82) is 0 Å². The zero-order valence-corrected chi connectivity index (χ0v) is 7.57. The molecule has 0 bridgehead atoms. The first kappa shape index (κ1) is 9.44. The van der Waals surface area contributed by atoms with E-state index in [1.165, 1.54) is 0 Å². The number of hydrogen-bond acceptors (Lipinski definition) is 3. The molecule has 0 fully saturated rings. The number of nitrogens with zero attached hydrogens (tertiary/aromatic N) is 2. The molecule has 0 unspecified atom stereocenters. The summed E-state index contributed by atoms with van der Waals surface area (Å²) in [6, 6.07) is 3.68. The Kier molecular flexibility index (Phi) is 2.79. The second-order valence-electron chi connectivity index (χ2n) is 2.68. The summed E-state index contributed by atoms with van der Waals surface area (Å²) in [4.78, 5) is 14.2. The van der Waals surface area contributed by atoms with Crippen LogP contribution < -0.4 is 5.43 Å². The van der Waals surface area contributed by atoms with E-state index in [9.17, 15) is 10.1 Å². The maximum atomic E-state index is 10.2. The molecule has 13 heavy (non-hydrogen) atoms. The predicted molar refractivity (Wildman–Crippen MR) is 49.0 cm³/mol. The minimum atomic E-state index is -0.596. The Bertz CT molecular complexity index is 325. The standard InChI is InChI=1S/C8H11N3O2/c1-3-7-5-4-6(2)9-8(7)10-11(12)13/h4-5H,3H2,1-2H3,(H,9,10). The van der Waals surface area contributed by atoms with Gasteiger partial charge in [0.15, 0.2) is 10.9 Å². The van der Waals surface area contributed by atoms with E-state index in [1.54, 1.807) is 6.92 Å². The predicted octanol–water partition coefficient (Wildman–Crippen LogP) is 1.56. The molecule has 0 saturated carbocycles. The zero-order valence-electron chi connectivity index (χ0n) is 7.57. The highest BCUT2D eigenvalue weighted by molar-refractivity contribution is 5.42. The van der Waals surface area contributed by atoms with Crippen molar-refractivity contribution in [2.45, 2.75) is 20.3 Å². The topological polar surface area (TPSA) is 68.1 Å². The lowest BCUT2D eigenvalue weighted by molar-refractivity contribution is -0.445. The molecule has 1 aromatic rings. The SMILES string of the molecule is CCc1ccc(C)nc1N[N+](=O)[O-]. The van der Waals surface area contributed by atoms with Crippen molar-refractivity contribution in [2.24, 2.45) is 0 Å². The van der Waals surface area contributed by atoms with E-state index < -0.39 is 5.03 Å². The van der Waals surface area contributed by atoms with Crippen LogP contribution in [0.1, 0.15) is 18.2 Å². The minimum Gasteiger partial charge on any atom is -0.234 e. The quantitative estimate of drug-likeness (QED) is 0.567. The Morgan fingerprint density at radius 1 is 1.62 bits per heavy atom. The van der Waals surface area contributed by atoms with Gasteiger partial charge in [-0.2, -0.15) is 0 Å². The number of hydrogen-bond donors (Lipinski definition) is 1. The van der Waals surface area contributed by atoms with E-state index in [0.717, 1.165) is 17.7 Å². The largest absolute Gasteiger partial charge is 0.234 e. The number of anilines is 1. The van der Waals surface area contributed by atoms with E-state index in [1.807, 2.05) is 19.1 Å². The number of rotatable bonds is 3. The van der Waals surface area contributed by atoms with Crippen LogP contribution in [-0.2, 0) is 6.42 Å². The third kappa shape index (κ3) is 2.40. The minimum absolute atomic E-state index is 0.340. The molecule has 0 spiro atoms. The van der Waals surface area contributed by atoms with E-state index >= 15 is 0 Å². The molecule has 0 aromatic carbocycles.